The van der Waals surface area contributed by atoms with Gasteiger partial charge in [-0.2, -0.15) is 0 Å². The summed E-state index contributed by atoms with van der Waals surface area (Å²) in [4.78, 5) is 9.50. The number of pyridine rings is 1. The van der Waals surface area contributed by atoms with Crippen molar-refractivity contribution < 1.29 is 0 Å². The molecule has 27 heavy (non-hydrogen) atoms. The van der Waals surface area contributed by atoms with Crippen LogP contribution in [0.25, 0.3) is 21.9 Å². The first-order chi connectivity index (χ1) is 13.1. The van der Waals surface area contributed by atoms with Crippen LogP contribution in [-0.4, -0.2) is 14.5 Å². The maximum Gasteiger partial charge on any atom is 0.152 e. The Bertz CT molecular complexity index is 1120. The van der Waals surface area contributed by atoms with Gasteiger partial charge in [0.2, 0.25) is 0 Å². The fourth-order valence-corrected chi connectivity index (χ4v) is 3.74. The van der Waals surface area contributed by atoms with Crippen LogP contribution in [0.5, 0.6) is 0 Å². The maximum atomic E-state index is 6.29. The second-order valence-corrected chi connectivity index (χ2v) is 7.36. The normalized spacial score (nSPS) is 11.5. The predicted molar refractivity (Wildman–Crippen MR) is 113 cm³/mol. The van der Waals surface area contributed by atoms with Crippen molar-refractivity contribution in [3.8, 4) is 0 Å². The van der Waals surface area contributed by atoms with Crippen molar-refractivity contribution in [2.75, 3.05) is 5.73 Å². The van der Waals surface area contributed by atoms with E-state index in [1.54, 1.807) is 0 Å². The Kier molecular flexibility index (Phi) is 4.56. The zero-order chi connectivity index (χ0) is 19.0. The molecule has 0 aliphatic rings. The number of aryl methyl sites for hydroxylation is 3. The van der Waals surface area contributed by atoms with E-state index in [-0.39, 0.29) is 0 Å². The Hall–Kier alpha value is -2.88. The maximum absolute atomic E-state index is 6.29. The molecular weight excluding hydrogens is 332 g/mol. The van der Waals surface area contributed by atoms with E-state index >= 15 is 0 Å². The van der Waals surface area contributed by atoms with E-state index < -0.39 is 0 Å². The van der Waals surface area contributed by atoms with Crippen LogP contribution in [0.1, 0.15) is 42.3 Å². The van der Waals surface area contributed by atoms with Crippen molar-refractivity contribution in [2.45, 2.75) is 46.6 Å². The van der Waals surface area contributed by atoms with Gasteiger partial charge in [-0.05, 0) is 37.5 Å². The highest BCUT2D eigenvalue weighted by molar-refractivity contribution is 6.06. The molecule has 4 nitrogen and oxygen atoms in total. The first kappa shape index (κ1) is 17.5. The third-order valence-electron chi connectivity index (χ3n) is 5.28. The number of hydrogen-bond donors (Lipinski definition) is 1. The zero-order valence-electron chi connectivity index (χ0n) is 16.3. The topological polar surface area (TPSA) is 56.7 Å². The quantitative estimate of drug-likeness (QED) is 0.535. The molecule has 2 aromatic heterocycles. The molecule has 0 fully saturated rings. The number of imidazole rings is 1. The van der Waals surface area contributed by atoms with Crippen molar-refractivity contribution >= 4 is 27.8 Å². The summed E-state index contributed by atoms with van der Waals surface area (Å²) in [6.45, 7) is 7.33. The first-order valence-electron chi connectivity index (χ1n) is 9.68. The summed E-state index contributed by atoms with van der Waals surface area (Å²) in [6.07, 6.45) is 3.20. The molecule has 0 atom stereocenters. The summed E-state index contributed by atoms with van der Waals surface area (Å²) in [7, 11) is 0. The van der Waals surface area contributed by atoms with Gasteiger partial charge in [0, 0.05) is 18.4 Å². The minimum atomic E-state index is 0.515. The molecule has 0 aliphatic heterocycles. The fourth-order valence-electron chi connectivity index (χ4n) is 3.74. The molecule has 0 saturated heterocycles. The van der Waals surface area contributed by atoms with Crippen LogP contribution in [-0.2, 0) is 13.0 Å². The Morgan fingerprint density at radius 3 is 2.67 bits per heavy atom. The molecule has 0 bridgehead atoms. The number of fused-ring (bicyclic) bond motifs is 3. The van der Waals surface area contributed by atoms with Gasteiger partial charge in [0.15, 0.2) is 5.82 Å². The van der Waals surface area contributed by atoms with Gasteiger partial charge in [-0.3, -0.25) is 0 Å². The van der Waals surface area contributed by atoms with Crippen LogP contribution in [0.3, 0.4) is 0 Å². The summed E-state index contributed by atoms with van der Waals surface area (Å²) < 4.78 is 2.35. The second-order valence-electron chi connectivity index (χ2n) is 7.36. The molecule has 2 N–H and O–H groups in total. The lowest BCUT2D eigenvalue weighted by Gasteiger charge is -2.13. The fraction of sp³-hybridized carbons (Fsp3) is 0.304. The van der Waals surface area contributed by atoms with E-state index in [1.807, 2.05) is 12.1 Å². The molecular formula is C23H26N4. The van der Waals surface area contributed by atoms with Gasteiger partial charge < -0.3 is 10.3 Å². The Morgan fingerprint density at radius 2 is 1.85 bits per heavy atom. The van der Waals surface area contributed by atoms with E-state index in [4.69, 9.17) is 10.7 Å². The van der Waals surface area contributed by atoms with Crippen LogP contribution in [0.2, 0.25) is 0 Å². The lowest BCUT2D eigenvalue weighted by Crippen LogP contribution is -2.07. The first-order valence-corrected chi connectivity index (χ1v) is 9.68. The average molecular weight is 358 g/mol. The Morgan fingerprint density at radius 1 is 1.04 bits per heavy atom. The van der Waals surface area contributed by atoms with Gasteiger partial charge in [-0.1, -0.05) is 55.3 Å². The van der Waals surface area contributed by atoms with Crippen molar-refractivity contribution in [2.24, 2.45) is 0 Å². The Labute approximate surface area is 160 Å². The van der Waals surface area contributed by atoms with E-state index in [9.17, 15) is 0 Å². The molecule has 0 radical (unpaired) electrons. The van der Waals surface area contributed by atoms with Gasteiger partial charge in [0.25, 0.3) is 0 Å². The smallest absolute Gasteiger partial charge is 0.152 e. The SMILES string of the molecule is CCCCc1nc2c(N)nc3ccccc3c2n1Cc1cc(C)ccc1C. The zero-order valence-corrected chi connectivity index (χ0v) is 16.3. The lowest BCUT2D eigenvalue weighted by atomic mass is 10.1. The third kappa shape index (κ3) is 3.16. The molecule has 4 heteroatoms. The van der Waals surface area contributed by atoms with Gasteiger partial charge in [-0.25, -0.2) is 9.97 Å². The molecule has 0 saturated carbocycles. The molecule has 4 rings (SSSR count). The number of unbranched alkanes of at least 4 members (excludes halogenated alkanes) is 1. The largest absolute Gasteiger partial charge is 0.382 e. The number of anilines is 1. The van der Waals surface area contributed by atoms with E-state index in [1.165, 1.54) is 16.7 Å². The van der Waals surface area contributed by atoms with Crippen molar-refractivity contribution in [3.63, 3.8) is 0 Å². The van der Waals surface area contributed by atoms with Crippen LogP contribution < -0.4 is 5.73 Å². The van der Waals surface area contributed by atoms with Crippen molar-refractivity contribution in [1.29, 1.82) is 0 Å². The van der Waals surface area contributed by atoms with E-state index in [2.05, 4.69) is 60.7 Å². The molecule has 0 unspecified atom stereocenters. The van der Waals surface area contributed by atoms with Crippen molar-refractivity contribution in [1.82, 2.24) is 14.5 Å². The summed E-state index contributed by atoms with van der Waals surface area (Å²) in [5, 5.41) is 1.11. The number of rotatable bonds is 5. The Balaban J connectivity index is 1.99. The minimum absolute atomic E-state index is 0.515. The molecule has 138 valence electrons. The van der Waals surface area contributed by atoms with E-state index in [0.717, 1.165) is 53.6 Å². The molecule has 0 spiro atoms. The second kappa shape index (κ2) is 7.03. The monoisotopic (exact) mass is 358 g/mol. The highest BCUT2D eigenvalue weighted by Gasteiger charge is 2.17. The average Bonchev–Trinajstić information content (AvgIpc) is 3.02. The minimum Gasteiger partial charge on any atom is -0.382 e. The number of benzene rings is 2. The lowest BCUT2D eigenvalue weighted by molar-refractivity contribution is 0.689. The van der Waals surface area contributed by atoms with Crippen LogP contribution in [0.4, 0.5) is 5.82 Å². The molecule has 0 aliphatic carbocycles. The molecule has 0 amide bonds. The van der Waals surface area contributed by atoms with Crippen molar-refractivity contribution in [3.05, 3.63) is 65.0 Å². The van der Waals surface area contributed by atoms with Gasteiger partial charge in [0.1, 0.15) is 11.3 Å². The van der Waals surface area contributed by atoms with Gasteiger partial charge >= 0.3 is 0 Å². The van der Waals surface area contributed by atoms with Crippen LogP contribution in [0, 0.1) is 13.8 Å². The highest BCUT2D eigenvalue weighted by Crippen LogP contribution is 2.30. The van der Waals surface area contributed by atoms with E-state index in [0.29, 0.717) is 5.82 Å². The number of hydrogen-bond acceptors (Lipinski definition) is 3. The molecule has 2 aromatic carbocycles. The number of nitrogens with two attached hydrogens (primary N) is 1. The summed E-state index contributed by atoms with van der Waals surface area (Å²) in [5.74, 6) is 1.61. The van der Waals surface area contributed by atoms with Gasteiger partial charge in [0.05, 0.1) is 11.0 Å². The summed E-state index contributed by atoms with van der Waals surface area (Å²) in [5.41, 5.74) is 13.0. The van der Waals surface area contributed by atoms with Gasteiger partial charge in [-0.15, -0.1) is 0 Å². The molecule has 4 aromatic rings. The van der Waals surface area contributed by atoms with Crippen LogP contribution >= 0.6 is 0 Å². The number of nitrogen functional groups attached to an aromatic ring is 1. The number of aromatic nitrogens is 3. The predicted octanol–water partition coefficient (Wildman–Crippen LogP) is 5.17. The highest BCUT2D eigenvalue weighted by atomic mass is 15.1. The standard InChI is InChI=1S/C23H26N4/c1-4-5-10-20-26-21-22(18-8-6-7-9-19(18)25-23(21)24)27(20)14-17-13-15(2)11-12-16(17)3/h6-9,11-13H,4-5,10,14H2,1-3H3,(H2,24,25). The van der Waals surface area contributed by atoms with Crippen LogP contribution in [0.15, 0.2) is 42.5 Å². The molecule has 2 heterocycles. The summed E-state index contributed by atoms with van der Waals surface area (Å²) >= 11 is 0. The third-order valence-corrected chi connectivity index (χ3v) is 5.28. The number of para-hydroxylation sites is 1. The number of nitrogens with zero attached hydrogens (tertiary/aromatic N) is 3. The summed E-state index contributed by atoms with van der Waals surface area (Å²) in [6, 6.07) is 14.8.